The summed E-state index contributed by atoms with van der Waals surface area (Å²) in [5, 5.41) is 20.3. The van der Waals surface area contributed by atoms with E-state index in [2.05, 4.69) is 13.8 Å². The first kappa shape index (κ1) is 10.4. The molecule has 14 heavy (non-hydrogen) atoms. The summed E-state index contributed by atoms with van der Waals surface area (Å²) in [4.78, 5) is 0. The van der Waals surface area contributed by atoms with E-state index in [9.17, 15) is 10.2 Å². The first-order valence-corrected chi connectivity index (χ1v) is 5.32. The van der Waals surface area contributed by atoms with E-state index >= 15 is 0 Å². The maximum atomic E-state index is 10.4. The molecule has 3 aliphatic carbocycles. The van der Waals surface area contributed by atoms with Gasteiger partial charge < -0.3 is 14.9 Å². The number of rotatable bonds is 2. The molecule has 0 aromatic carbocycles. The van der Waals surface area contributed by atoms with Crippen LogP contribution in [0.5, 0.6) is 0 Å². The normalized spacial score (nSPS) is 49.9. The maximum Gasteiger partial charge on any atom is 0.117 e. The summed E-state index contributed by atoms with van der Waals surface area (Å²) in [6, 6.07) is 0. The summed E-state index contributed by atoms with van der Waals surface area (Å²) >= 11 is 0. The van der Waals surface area contributed by atoms with E-state index < -0.39 is 11.7 Å². The molecule has 3 saturated carbocycles. The average molecular weight is 200 g/mol. The van der Waals surface area contributed by atoms with E-state index in [0.29, 0.717) is 12.3 Å². The van der Waals surface area contributed by atoms with Crippen LogP contribution in [-0.2, 0) is 4.74 Å². The lowest BCUT2D eigenvalue weighted by molar-refractivity contribution is -0.267. The van der Waals surface area contributed by atoms with Crippen molar-refractivity contribution in [1.82, 2.24) is 0 Å². The fraction of sp³-hybridized carbons (Fsp3) is 1.00. The van der Waals surface area contributed by atoms with Gasteiger partial charge in [-0.25, -0.2) is 0 Å². The predicted molar refractivity (Wildman–Crippen MR) is 52.8 cm³/mol. The van der Waals surface area contributed by atoms with E-state index in [0.717, 1.165) is 6.42 Å². The van der Waals surface area contributed by atoms with Crippen molar-refractivity contribution >= 4 is 0 Å². The lowest BCUT2D eigenvalue weighted by atomic mass is 9.43. The van der Waals surface area contributed by atoms with E-state index in [1.54, 1.807) is 7.11 Å². The molecule has 0 amide bonds. The zero-order chi connectivity index (χ0) is 10.6. The van der Waals surface area contributed by atoms with Gasteiger partial charge in [0.25, 0.3) is 0 Å². The van der Waals surface area contributed by atoms with Crippen LogP contribution in [0.15, 0.2) is 0 Å². The minimum Gasteiger partial charge on any atom is -0.390 e. The minimum atomic E-state index is -1.02. The summed E-state index contributed by atoms with van der Waals surface area (Å²) in [6.45, 7) is 4.60. The van der Waals surface area contributed by atoms with Crippen molar-refractivity contribution in [1.29, 1.82) is 0 Å². The van der Waals surface area contributed by atoms with Crippen LogP contribution >= 0.6 is 0 Å². The first-order chi connectivity index (χ1) is 6.43. The van der Waals surface area contributed by atoms with E-state index in [1.807, 2.05) is 0 Å². The van der Waals surface area contributed by atoms with Crippen LogP contribution in [0, 0.1) is 17.3 Å². The van der Waals surface area contributed by atoms with Crippen LogP contribution in [0.25, 0.3) is 0 Å². The van der Waals surface area contributed by atoms with Crippen LogP contribution in [0.1, 0.15) is 26.7 Å². The van der Waals surface area contributed by atoms with E-state index in [4.69, 9.17) is 4.74 Å². The molecule has 0 radical (unpaired) electrons. The van der Waals surface area contributed by atoms with Gasteiger partial charge in [-0.15, -0.1) is 0 Å². The second-order valence-electron chi connectivity index (χ2n) is 5.48. The molecule has 3 rings (SSSR count). The van der Waals surface area contributed by atoms with Crippen molar-refractivity contribution in [2.24, 2.45) is 17.3 Å². The summed E-state index contributed by atoms with van der Waals surface area (Å²) in [5.41, 5.74) is -0.862. The van der Waals surface area contributed by atoms with E-state index in [-0.39, 0.29) is 17.9 Å². The molecule has 0 unspecified atom stereocenters. The SMILES string of the molecule is COC[C@@]1(O)[C@@H]2C[C@H](C[C@@H]1O)C2(C)C. The van der Waals surface area contributed by atoms with Crippen LogP contribution in [0.2, 0.25) is 0 Å². The largest absolute Gasteiger partial charge is 0.390 e. The van der Waals surface area contributed by atoms with Crippen LogP contribution in [-0.4, -0.2) is 35.6 Å². The molecule has 0 heterocycles. The van der Waals surface area contributed by atoms with Gasteiger partial charge in [0.2, 0.25) is 0 Å². The van der Waals surface area contributed by atoms with Crippen LogP contribution in [0.4, 0.5) is 0 Å². The standard InChI is InChI=1S/C11H20O3/c1-10(2)7-4-8(10)11(13,6-14-3)9(12)5-7/h7-9,12-13H,4-6H2,1-3H3/t7-,8-,9+,11-/m1/s1. The highest BCUT2D eigenvalue weighted by Gasteiger charge is 2.64. The van der Waals surface area contributed by atoms with Gasteiger partial charge in [-0.05, 0) is 30.1 Å². The molecule has 3 nitrogen and oxygen atoms in total. The highest BCUT2D eigenvalue weighted by molar-refractivity contribution is 5.14. The molecule has 0 saturated heterocycles. The van der Waals surface area contributed by atoms with Gasteiger partial charge in [-0.3, -0.25) is 0 Å². The third-order valence-electron chi connectivity index (χ3n) is 4.53. The average Bonchev–Trinajstić information content (AvgIpc) is 2.09. The molecule has 2 bridgehead atoms. The second-order valence-corrected chi connectivity index (χ2v) is 5.48. The van der Waals surface area contributed by atoms with Crippen molar-refractivity contribution in [2.75, 3.05) is 13.7 Å². The number of ether oxygens (including phenoxy) is 1. The summed E-state index contributed by atoms with van der Waals surface area (Å²) in [6.07, 6.45) is 1.13. The zero-order valence-corrected chi connectivity index (χ0v) is 9.16. The van der Waals surface area contributed by atoms with Gasteiger partial charge in [-0.1, -0.05) is 13.8 Å². The Balaban J connectivity index is 2.22. The lowest BCUT2D eigenvalue weighted by Crippen LogP contribution is -2.69. The topological polar surface area (TPSA) is 49.7 Å². The minimum absolute atomic E-state index is 0.159. The number of aliphatic hydroxyl groups excluding tert-OH is 1. The second kappa shape index (κ2) is 2.94. The fourth-order valence-corrected chi connectivity index (χ4v) is 3.40. The molecule has 3 heteroatoms. The third kappa shape index (κ3) is 1.09. The number of fused-ring (bicyclic) bond motifs is 2. The van der Waals surface area contributed by atoms with Gasteiger partial charge in [0, 0.05) is 7.11 Å². The molecular weight excluding hydrogens is 180 g/mol. The Kier molecular flexibility index (Phi) is 2.18. The quantitative estimate of drug-likeness (QED) is 0.693. The molecular formula is C11H20O3. The van der Waals surface area contributed by atoms with Gasteiger partial charge >= 0.3 is 0 Å². The molecule has 3 fully saturated rings. The first-order valence-electron chi connectivity index (χ1n) is 5.32. The molecule has 0 spiro atoms. The number of aliphatic hydroxyl groups is 2. The zero-order valence-electron chi connectivity index (χ0n) is 9.16. The Bertz CT molecular complexity index is 239. The molecule has 2 N–H and O–H groups in total. The fourth-order valence-electron chi connectivity index (χ4n) is 3.40. The summed E-state index contributed by atoms with van der Waals surface area (Å²) in [7, 11) is 1.57. The summed E-state index contributed by atoms with van der Waals surface area (Å²) < 4.78 is 5.03. The van der Waals surface area contributed by atoms with Crippen molar-refractivity contribution in [2.45, 2.75) is 38.4 Å². The van der Waals surface area contributed by atoms with Gasteiger partial charge in [0.15, 0.2) is 0 Å². The van der Waals surface area contributed by atoms with E-state index in [1.165, 1.54) is 0 Å². The third-order valence-corrected chi connectivity index (χ3v) is 4.53. The Morgan fingerprint density at radius 1 is 1.36 bits per heavy atom. The Labute approximate surface area is 85.1 Å². The molecule has 82 valence electrons. The highest BCUT2D eigenvalue weighted by Crippen LogP contribution is 2.62. The van der Waals surface area contributed by atoms with Crippen LogP contribution in [0.3, 0.4) is 0 Å². The molecule has 0 aromatic heterocycles. The van der Waals surface area contributed by atoms with Crippen molar-refractivity contribution < 1.29 is 14.9 Å². The Hall–Kier alpha value is -0.120. The van der Waals surface area contributed by atoms with Crippen LogP contribution < -0.4 is 0 Å². The van der Waals surface area contributed by atoms with Gasteiger partial charge in [-0.2, -0.15) is 0 Å². The molecule has 4 atom stereocenters. The molecule has 0 aromatic rings. The van der Waals surface area contributed by atoms with Gasteiger partial charge in [0.05, 0.1) is 12.7 Å². The maximum absolute atomic E-state index is 10.4. The van der Waals surface area contributed by atoms with Crippen molar-refractivity contribution in [3.63, 3.8) is 0 Å². The number of hydrogen-bond donors (Lipinski definition) is 2. The number of hydrogen-bond acceptors (Lipinski definition) is 3. The predicted octanol–water partition coefficient (Wildman–Crippen LogP) is 0.791. The molecule has 0 aliphatic heterocycles. The smallest absolute Gasteiger partial charge is 0.117 e. The molecule has 3 aliphatic rings. The van der Waals surface area contributed by atoms with Crippen molar-refractivity contribution in [3.8, 4) is 0 Å². The van der Waals surface area contributed by atoms with Gasteiger partial charge in [0.1, 0.15) is 5.60 Å². The Morgan fingerprint density at radius 3 is 2.50 bits per heavy atom. The Morgan fingerprint density at radius 2 is 2.00 bits per heavy atom. The summed E-state index contributed by atoms with van der Waals surface area (Å²) in [5.74, 6) is 0.753. The lowest BCUT2D eigenvalue weighted by Gasteiger charge is -2.64. The monoisotopic (exact) mass is 200 g/mol. The van der Waals surface area contributed by atoms with Crippen molar-refractivity contribution in [3.05, 3.63) is 0 Å². The highest BCUT2D eigenvalue weighted by atomic mass is 16.5. The number of methoxy groups -OCH3 is 1.